The van der Waals surface area contributed by atoms with Crippen molar-refractivity contribution in [1.29, 1.82) is 0 Å². The van der Waals surface area contributed by atoms with Gasteiger partial charge >= 0.3 is 5.97 Å². The average molecular weight is 265 g/mol. The van der Waals surface area contributed by atoms with Crippen molar-refractivity contribution in [3.63, 3.8) is 0 Å². The first kappa shape index (κ1) is 13.0. The van der Waals surface area contributed by atoms with Crippen LogP contribution in [0.5, 0.6) is 0 Å². The molecule has 0 spiro atoms. The highest BCUT2D eigenvalue weighted by Crippen LogP contribution is 2.23. The summed E-state index contributed by atoms with van der Waals surface area (Å²) in [6, 6.07) is 6.63. The lowest BCUT2D eigenvalue weighted by molar-refractivity contribution is -0.145. The Morgan fingerprint density at radius 3 is 2.78 bits per heavy atom. The molecule has 0 radical (unpaired) electrons. The first-order valence-electron chi connectivity index (χ1n) is 5.82. The molecule has 1 aromatic carbocycles. The zero-order valence-electron chi connectivity index (χ0n) is 10.1. The van der Waals surface area contributed by atoms with E-state index in [4.69, 9.17) is 4.74 Å². The van der Waals surface area contributed by atoms with Crippen LogP contribution >= 0.6 is 12.6 Å². The smallest absolute Gasteiger partial charge is 0.328 e. The number of nitrogens with zero attached hydrogens (tertiary/aromatic N) is 1. The van der Waals surface area contributed by atoms with E-state index in [9.17, 15) is 9.59 Å². The van der Waals surface area contributed by atoms with Crippen LogP contribution in [0.2, 0.25) is 0 Å². The van der Waals surface area contributed by atoms with Crippen LogP contribution in [0.4, 0.5) is 0 Å². The number of esters is 1. The van der Waals surface area contributed by atoms with Crippen molar-refractivity contribution in [2.75, 3.05) is 13.7 Å². The predicted molar refractivity (Wildman–Crippen MR) is 69.8 cm³/mol. The van der Waals surface area contributed by atoms with Crippen LogP contribution in [0.3, 0.4) is 0 Å². The van der Waals surface area contributed by atoms with Crippen LogP contribution in [0.15, 0.2) is 29.2 Å². The second-order valence-corrected chi connectivity index (χ2v) is 4.68. The molecule has 2 rings (SSSR count). The SMILES string of the molecule is COC(=O)C1CCCN1C(=O)c1ccccc1S. The summed E-state index contributed by atoms with van der Waals surface area (Å²) in [7, 11) is 1.34. The molecule has 1 fully saturated rings. The van der Waals surface area contributed by atoms with Crippen LogP contribution in [-0.2, 0) is 9.53 Å². The highest BCUT2D eigenvalue weighted by molar-refractivity contribution is 7.80. The lowest BCUT2D eigenvalue weighted by atomic mass is 10.1. The minimum atomic E-state index is -0.463. The molecule has 0 aromatic heterocycles. The molecule has 1 amide bonds. The van der Waals surface area contributed by atoms with Gasteiger partial charge in [-0.25, -0.2) is 4.79 Å². The van der Waals surface area contributed by atoms with Crippen molar-refractivity contribution in [3.05, 3.63) is 29.8 Å². The zero-order chi connectivity index (χ0) is 13.1. The molecule has 1 aromatic rings. The van der Waals surface area contributed by atoms with Gasteiger partial charge in [0.1, 0.15) is 6.04 Å². The summed E-state index contributed by atoms with van der Waals surface area (Å²) in [5, 5.41) is 0. The van der Waals surface area contributed by atoms with Gasteiger partial charge in [0.15, 0.2) is 0 Å². The summed E-state index contributed by atoms with van der Waals surface area (Å²) in [4.78, 5) is 26.2. The molecule has 4 nitrogen and oxygen atoms in total. The third-order valence-corrected chi connectivity index (χ3v) is 3.51. The van der Waals surface area contributed by atoms with Crippen molar-refractivity contribution in [2.45, 2.75) is 23.8 Å². The molecule has 1 unspecified atom stereocenters. The Hall–Kier alpha value is -1.49. The maximum Gasteiger partial charge on any atom is 0.328 e. The number of rotatable bonds is 2. The maximum absolute atomic E-state index is 12.4. The highest BCUT2D eigenvalue weighted by atomic mass is 32.1. The van der Waals surface area contributed by atoms with Gasteiger partial charge in [-0.1, -0.05) is 12.1 Å². The molecular formula is C13H15NO3S. The number of methoxy groups -OCH3 is 1. The van der Waals surface area contributed by atoms with E-state index in [2.05, 4.69) is 12.6 Å². The number of ether oxygens (including phenoxy) is 1. The van der Waals surface area contributed by atoms with Gasteiger partial charge in [0, 0.05) is 11.4 Å². The fourth-order valence-corrected chi connectivity index (χ4v) is 2.46. The quantitative estimate of drug-likeness (QED) is 0.654. The van der Waals surface area contributed by atoms with Gasteiger partial charge in [0.25, 0.3) is 5.91 Å². The fraction of sp³-hybridized carbons (Fsp3) is 0.385. The number of thiol groups is 1. The van der Waals surface area contributed by atoms with Gasteiger partial charge in [0.05, 0.1) is 12.7 Å². The Morgan fingerprint density at radius 2 is 2.11 bits per heavy atom. The van der Waals surface area contributed by atoms with Gasteiger partial charge in [-0.3, -0.25) is 4.79 Å². The van der Waals surface area contributed by atoms with Gasteiger partial charge in [-0.05, 0) is 25.0 Å². The zero-order valence-corrected chi connectivity index (χ0v) is 11.0. The second kappa shape index (κ2) is 5.44. The third kappa shape index (κ3) is 2.36. The molecule has 1 aliphatic rings. The minimum Gasteiger partial charge on any atom is -0.467 e. The molecular weight excluding hydrogens is 250 g/mol. The Labute approximate surface area is 111 Å². The van der Waals surface area contributed by atoms with E-state index < -0.39 is 6.04 Å². The number of likely N-dealkylation sites (tertiary alicyclic amines) is 1. The number of carbonyl (C=O) groups is 2. The van der Waals surface area contributed by atoms with Crippen LogP contribution in [0, 0.1) is 0 Å². The molecule has 5 heteroatoms. The first-order chi connectivity index (χ1) is 8.65. The normalized spacial score (nSPS) is 18.8. The number of hydrogen-bond donors (Lipinski definition) is 1. The van der Waals surface area contributed by atoms with Crippen molar-refractivity contribution in [3.8, 4) is 0 Å². The topological polar surface area (TPSA) is 46.6 Å². The molecule has 0 saturated carbocycles. The van der Waals surface area contributed by atoms with Crippen LogP contribution in [0.1, 0.15) is 23.2 Å². The molecule has 96 valence electrons. The standard InChI is InChI=1S/C13H15NO3S/c1-17-13(16)10-6-4-8-14(10)12(15)9-5-2-3-7-11(9)18/h2-3,5,7,10,18H,4,6,8H2,1H3. The van der Waals surface area contributed by atoms with Gasteiger partial charge in [0.2, 0.25) is 0 Å². The Kier molecular flexibility index (Phi) is 3.91. The van der Waals surface area contributed by atoms with Gasteiger partial charge < -0.3 is 9.64 Å². The van der Waals surface area contributed by atoms with Crippen LogP contribution in [-0.4, -0.2) is 36.5 Å². The number of carbonyl (C=O) groups excluding carboxylic acids is 2. The van der Waals surface area contributed by atoms with E-state index in [1.807, 2.05) is 6.07 Å². The Balaban J connectivity index is 2.23. The Morgan fingerprint density at radius 1 is 1.39 bits per heavy atom. The lowest BCUT2D eigenvalue weighted by Crippen LogP contribution is -2.41. The van der Waals surface area contributed by atoms with Gasteiger partial charge in [-0.15, -0.1) is 12.6 Å². The van der Waals surface area contributed by atoms with E-state index >= 15 is 0 Å². The second-order valence-electron chi connectivity index (χ2n) is 4.20. The molecule has 0 aliphatic carbocycles. The fourth-order valence-electron chi connectivity index (χ4n) is 2.20. The summed E-state index contributed by atoms with van der Waals surface area (Å²) in [5.41, 5.74) is 0.525. The third-order valence-electron chi connectivity index (χ3n) is 3.12. The van der Waals surface area contributed by atoms with Crippen LogP contribution < -0.4 is 0 Å². The predicted octanol–water partition coefficient (Wildman–Crippen LogP) is 1.75. The maximum atomic E-state index is 12.4. The van der Waals surface area contributed by atoms with E-state index in [0.29, 0.717) is 23.4 Å². The lowest BCUT2D eigenvalue weighted by Gasteiger charge is -2.23. The summed E-state index contributed by atoms with van der Waals surface area (Å²) in [6.07, 6.45) is 1.48. The Bertz CT molecular complexity index is 475. The summed E-state index contributed by atoms with van der Waals surface area (Å²) in [6.45, 7) is 0.584. The molecule has 0 bridgehead atoms. The van der Waals surface area contributed by atoms with Crippen molar-refractivity contribution in [1.82, 2.24) is 4.90 Å². The van der Waals surface area contributed by atoms with E-state index in [0.717, 1.165) is 6.42 Å². The van der Waals surface area contributed by atoms with Crippen molar-refractivity contribution >= 4 is 24.5 Å². The molecule has 1 heterocycles. The van der Waals surface area contributed by atoms with E-state index in [1.165, 1.54) is 7.11 Å². The molecule has 18 heavy (non-hydrogen) atoms. The van der Waals surface area contributed by atoms with E-state index in [1.54, 1.807) is 23.1 Å². The summed E-state index contributed by atoms with van der Waals surface area (Å²) < 4.78 is 4.73. The summed E-state index contributed by atoms with van der Waals surface area (Å²) >= 11 is 4.27. The number of benzene rings is 1. The van der Waals surface area contributed by atoms with Crippen molar-refractivity contribution in [2.24, 2.45) is 0 Å². The molecule has 1 atom stereocenters. The molecule has 1 saturated heterocycles. The first-order valence-corrected chi connectivity index (χ1v) is 6.26. The summed E-state index contributed by atoms with van der Waals surface area (Å²) in [5.74, 6) is -0.508. The molecule has 1 aliphatic heterocycles. The monoisotopic (exact) mass is 265 g/mol. The van der Waals surface area contributed by atoms with Crippen LogP contribution in [0.25, 0.3) is 0 Å². The van der Waals surface area contributed by atoms with Crippen molar-refractivity contribution < 1.29 is 14.3 Å². The van der Waals surface area contributed by atoms with E-state index in [-0.39, 0.29) is 11.9 Å². The minimum absolute atomic E-state index is 0.159. The largest absolute Gasteiger partial charge is 0.467 e. The van der Waals surface area contributed by atoms with Gasteiger partial charge in [-0.2, -0.15) is 0 Å². The number of amides is 1. The highest BCUT2D eigenvalue weighted by Gasteiger charge is 2.35. The molecule has 0 N–H and O–H groups in total. The number of hydrogen-bond acceptors (Lipinski definition) is 4. The average Bonchev–Trinajstić information content (AvgIpc) is 2.86.